The van der Waals surface area contributed by atoms with Crippen LogP contribution in [0.15, 0.2) is 48.5 Å². The summed E-state index contributed by atoms with van der Waals surface area (Å²) in [4.78, 5) is 11.7. The second-order valence-electron chi connectivity index (χ2n) is 7.26. The van der Waals surface area contributed by atoms with Gasteiger partial charge in [-0.2, -0.15) is 11.8 Å². The monoisotopic (exact) mass is 446 g/mol. The number of thioether (sulfide) groups is 1. The Labute approximate surface area is 187 Å². The average molecular weight is 447 g/mol. The van der Waals surface area contributed by atoms with E-state index in [-0.39, 0.29) is 31.5 Å². The normalized spacial score (nSPS) is 20.9. The zero-order valence-corrected chi connectivity index (χ0v) is 18.4. The predicted molar refractivity (Wildman–Crippen MR) is 122 cm³/mol. The molecule has 8 heteroatoms. The largest absolute Gasteiger partial charge is 0.396 e. The molecule has 1 fully saturated rings. The SMILES string of the molecule is CCNC(=O)Nc1ccc([C@@H]2O[C@H](CSCCO)C[C@H](c3ccc(CO)cc3)O2)cc1. The van der Waals surface area contributed by atoms with E-state index < -0.39 is 6.29 Å². The number of urea groups is 1. The van der Waals surface area contributed by atoms with Crippen LogP contribution < -0.4 is 10.6 Å². The highest BCUT2D eigenvalue weighted by Gasteiger charge is 2.32. The number of carbonyl (C=O) groups excluding carboxylic acids is 1. The third-order valence-corrected chi connectivity index (χ3v) is 6.01. The summed E-state index contributed by atoms with van der Waals surface area (Å²) in [6.45, 7) is 2.57. The molecule has 1 saturated heterocycles. The number of aliphatic hydroxyl groups excluding tert-OH is 2. The van der Waals surface area contributed by atoms with Gasteiger partial charge in [-0.3, -0.25) is 0 Å². The number of hydrogen-bond acceptors (Lipinski definition) is 6. The van der Waals surface area contributed by atoms with Gasteiger partial charge in [0.25, 0.3) is 0 Å². The lowest BCUT2D eigenvalue weighted by Crippen LogP contribution is -2.31. The fourth-order valence-corrected chi connectivity index (χ4v) is 4.13. The van der Waals surface area contributed by atoms with Crippen molar-refractivity contribution in [2.24, 2.45) is 0 Å². The van der Waals surface area contributed by atoms with Crippen molar-refractivity contribution in [1.82, 2.24) is 5.32 Å². The summed E-state index contributed by atoms with van der Waals surface area (Å²) in [5.41, 5.74) is 3.46. The Hall–Kier alpha value is -2.10. The Morgan fingerprint density at radius 3 is 2.42 bits per heavy atom. The van der Waals surface area contributed by atoms with Crippen molar-refractivity contribution in [3.05, 3.63) is 65.2 Å². The van der Waals surface area contributed by atoms with Gasteiger partial charge in [-0.05, 0) is 30.2 Å². The lowest BCUT2D eigenvalue weighted by molar-refractivity contribution is -0.245. The Balaban J connectivity index is 1.73. The molecular weight excluding hydrogens is 416 g/mol. The standard InChI is InChI=1S/C23H30N2O5S/c1-2-24-23(28)25-19-9-7-18(8-10-19)22-29-20(15-31-12-11-26)13-21(30-22)17-5-3-16(14-27)4-6-17/h3-10,20-22,26-27H,2,11-15H2,1H3,(H2,24,25,28)/t20-,21+,22+/m0/s1. The molecule has 3 rings (SSSR count). The van der Waals surface area contributed by atoms with Crippen molar-refractivity contribution < 1.29 is 24.5 Å². The number of aliphatic hydroxyl groups is 2. The van der Waals surface area contributed by atoms with Gasteiger partial charge in [-0.15, -0.1) is 0 Å². The van der Waals surface area contributed by atoms with E-state index >= 15 is 0 Å². The summed E-state index contributed by atoms with van der Waals surface area (Å²) in [5.74, 6) is 1.43. The summed E-state index contributed by atoms with van der Waals surface area (Å²) in [7, 11) is 0. The van der Waals surface area contributed by atoms with Crippen molar-refractivity contribution in [3.63, 3.8) is 0 Å². The summed E-state index contributed by atoms with van der Waals surface area (Å²) < 4.78 is 12.5. The highest BCUT2D eigenvalue weighted by atomic mass is 32.2. The van der Waals surface area contributed by atoms with Gasteiger partial charge in [0, 0.05) is 35.7 Å². The minimum Gasteiger partial charge on any atom is -0.396 e. The van der Waals surface area contributed by atoms with Crippen LogP contribution in [0, 0.1) is 0 Å². The summed E-state index contributed by atoms with van der Waals surface area (Å²) in [6.07, 6.45) is 0.0179. The van der Waals surface area contributed by atoms with E-state index in [4.69, 9.17) is 14.6 Å². The average Bonchev–Trinajstić information content (AvgIpc) is 2.80. The maximum atomic E-state index is 11.7. The summed E-state index contributed by atoms with van der Waals surface area (Å²) in [5, 5.41) is 23.9. The van der Waals surface area contributed by atoms with Crippen LogP contribution in [-0.4, -0.2) is 47.0 Å². The Morgan fingerprint density at radius 1 is 1.06 bits per heavy atom. The molecule has 7 nitrogen and oxygen atoms in total. The van der Waals surface area contributed by atoms with Crippen molar-refractivity contribution in [1.29, 1.82) is 0 Å². The zero-order valence-electron chi connectivity index (χ0n) is 17.6. The molecule has 2 amide bonds. The third-order valence-electron chi connectivity index (χ3n) is 4.93. The quantitative estimate of drug-likeness (QED) is 0.439. The minimum atomic E-state index is -0.533. The van der Waals surface area contributed by atoms with Crippen LogP contribution in [0.1, 0.15) is 42.4 Å². The third kappa shape index (κ3) is 6.95. The van der Waals surface area contributed by atoms with Crippen LogP contribution in [-0.2, 0) is 16.1 Å². The molecule has 0 unspecified atom stereocenters. The van der Waals surface area contributed by atoms with Crippen molar-refractivity contribution in [2.75, 3.05) is 30.0 Å². The fourth-order valence-electron chi connectivity index (χ4n) is 3.36. The molecule has 168 valence electrons. The van der Waals surface area contributed by atoms with E-state index in [1.165, 1.54) is 0 Å². The number of anilines is 1. The molecule has 0 radical (unpaired) electrons. The van der Waals surface area contributed by atoms with Gasteiger partial charge in [0.15, 0.2) is 6.29 Å². The molecule has 31 heavy (non-hydrogen) atoms. The predicted octanol–water partition coefficient (Wildman–Crippen LogP) is 3.59. The van der Waals surface area contributed by atoms with E-state index in [2.05, 4.69) is 10.6 Å². The lowest BCUT2D eigenvalue weighted by atomic mass is 10.0. The Morgan fingerprint density at radius 2 is 1.77 bits per heavy atom. The molecule has 0 aromatic heterocycles. The van der Waals surface area contributed by atoms with Gasteiger partial charge in [0.05, 0.1) is 25.4 Å². The van der Waals surface area contributed by atoms with E-state index in [9.17, 15) is 9.90 Å². The van der Waals surface area contributed by atoms with Gasteiger partial charge in [-0.1, -0.05) is 36.4 Å². The van der Waals surface area contributed by atoms with E-state index in [1.54, 1.807) is 11.8 Å². The lowest BCUT2D eigenvalue weighted by Gasteiger charge is -2.36. The van der Waals surface area contributed by atoms with Crippen molar-refractivity contribution in [3.8, 4) is 0 Å². The fraction of sp³-hybridized carbons (Fsp3) is 0.435. The van der Waals surface area contributed by atoms with Crippen molar-refractivity contribution >= 4 is 23.5 Å². The minimum absolute atomic E-state index is 0.00856. The van der Waals surface area contributed by atoms with E-state index in [0.29, 0.717) is 24.4 Å². The van der Waals surface area contributed by atoms with Crippen molar-refractivity contribution in [2.45, 2.75) is 38.4 Å². The van der Waals surface area contributed by atoms with Gasteiger partial charge in [0.1, 0.15) is 0 Å². The highest BCUT2D eigenvalue weighted by Crippen LogP contribution is 2.38. The molecule has 0 saturated carbocycles. The first-order chi connectivity index (χ1) is 15.1. The molecular formula is C23H30N2O5S. The number of ether oxygens (including phenoxy) is 2. The number of carbonyl (C=O) groups is 1. The molecule has 3 atom stereocenters. The second kappa shape index (κ2) is 12.1. The number of amides is 2. The van der Waals surface area contributed by atoms with E-state index in [1.807, 2.05) is 55.5 Å². The molecule has 2 aromatic carbocycles. The van der Waals surface area contributed by atoms with Crippen LogP contribution >= 0.6 is 11.8 Å². The first kappa shape index (κ1) is 23.6. The number of hydrogen-bond donors (Lipinski definition) is 4. The van der Waals surface area contributed by atoms with Gasteiger partial charge < -0.3 is 30.3 Å². The summed E-state index contributed by atoms with van der Waals surface area (Å²) >= 11 is 1.66. The van der Waals surface area contributed by atoms with Crippen LogP contribution in [0.4, 0.5) is 10.5 Å². The Kier molecular flexibility index (Phi) is 9.17. The number of nitrogens with one attached hydrogen (secondary N) is 2. The van der Waals surface area contributed by atoms with Crippen LogP contribution in [0.3, 0.4) is 0 Å². The van der Waals surface area contributed by atoms with Gasteiger partial charge >= 0.3 is 6.03 Å². The maximum Gasteiger partial charge on any atom is 0.319 e. The van der Waals surface area contributed by atoms with E-state index in [0.717, 1.165) is 22.4 Å². The first-order valence-electron chi connectivity index (χ1n) is 10.5. The van der Waals surface area contributed by atoms with Crippen LogP contribution in [0.5, 0.6) is 0 Å². The number of rotatable bonds is 9. The maximum absolute atomic E-state index is 11.7. The highest BCUT2D eigenvalue weighted by molar-refractivity contribution is 7.99. The second-order valence-corrected chi connectivity index (χ2v) is 8.40. The van der Waals surface area contributed by atoms with Gasteiger partial charge in [-0.25, -0.2) is 4.79 Å². The first-order valence-corrected chi connectivity index (χ1v) is 11.6. The molecule has 1 heterocycles. The van der Waals surface area contributed by atoms with Crippen LogP contribution in [0.2, 0.25) is 0 Å². The molecule has 0 aliphatic carbocycles. The molecule has 2 aromatic rings. The smallest absolute Gasteiger partial charge is 0.319 e. The summed E-state index contributed by atoms with van der Waals surface area (Å²) in [6, 6.07) is 15.0. The Bertz CT molecular complexity index is 816. The molecule has 4 N–H and O–H groups in total. The molecule has 1 aliphatic rings. The molecule has 0 bridgehead atoms. The van der Waals surface area contributed by atoms with Gasteiger partial charge in [0.2, 0.25) is 0 Å². The number of benzene rings is 2. The van der Waals surface area contributed by atoms with Crippen LogP contribution in [0.25, 0.3) is 0 Å². The zero-order chi connectivity index (χ0) is 22.1. The molecule has 0 spiro atoms. The topological polar surface area (TPSA) is 100 Å². The molecule has 1 aliphatic heterocycles.